The number of amides is 1. The molecule has 0 spiro atoms. The molecule has 7 heteroatoms. The predicted molar refractivity (Wildman–Crippen MR) is 48.7 cm³/mol. The van der Waals surface area contributed by atoms with Gasteiger partial charge in [0.2, 0.25) is 0 Å². The summed E-state index contributed by atoms with van der Waals surface area (Å²) in [6.45, 7) is -0.540. The van der Waals surface area contributed by atoms with Crippen LogP contribution in [-0.4, -0.2) is 22.3 Å². The number of alkyl halides is 3. The number of rotatable bonds is 2. The van der Waals surface area contributed by atoms with Crippen molar-refractivity contribution in [2.45, 2.75) is 12.8 Å². The molecule has 1 aromatic carbocycles. The van der Waals surface area contributed by atoms with E-state index in [9.17, 15) is 18.0 Å². The zero-order chi connectivity index (χ0) is 12.3. The number of hydrogen-bond acceptors (Lipinski definition) is 3. The monoisotopic (exact) mass is 235 g/mol. The maximum atomic E-state index is 11.9. The van der Waals surface area contributed by atoms with Gasteiger partial charge in [0.25, 0.3) is 0 Å². The maximum Gasteiger partial charge on any atom is 0.471 e. The summed E-state index contributed by atoms with van der Waals surface area (Å²) in [6, 6.07) is 3.23. The third-order valence-electron chi connectivity index (χ3n) is 1.77. The minimum atomic E-state index is -4.97. The van der Waals surface area contributed by atoms with Crippen LogP contribution in [0.4, 0.5) is 18.9 Å². The maximum absolute atomic E-state index is 11.9. The Labute approximate surface area is 88.3 Å². The van der Waals surface area contributed by atoms with Crippen molar-refractivity contribution in [2.24, 2.45) is 0 Å². The number of carbonyl (C=O) groups is 1. The van der Waals surface area contributed by atoms with E-state index in [1.807, 2.05) is 0 Å². The number of hydrogen-bond donors (Lipinski definition) is 3. The molecule has 1 amide bonds. The van der Waals surface area contributed by atoms with Gasteiger partial charge in [-0.3, -0.25) is 4.79 Å². The van der Waals surface area contributed by atoms with Crippen LogP contribution >= 0.6 is 0 Å². The van der Waals surface area contributed by atoms with Crippen LogP contribution in [-0.2, 0) is 11.4 Å². The Kier molecular flexibility index (Phi) is 3.38. The first-order valence-corrected chi connectivity index (χ1v) is 4.15. The SMILES string of the molecule is O=C(Nc1ccc(O)c(CO)c1)C(F)(F)F. The fourth-order valence-electron chi connectivity index (χ4n) is 0.992. The summed E-state index contributed by atoms with van der Waals surface area (Å²) < 4.78 is 35.7. The molecular formula is C9H8F3NO3. The van der Waals surface area contributed by atoms with Gasteiger partial charge >= 0.3 is 12.1 Å². The van der Waals surface area contributed by atoms with E-state index in [2.05, 4.69) is 0 Å². The lowest BCUT2D eigenvalue weighted by Crippen LogP contribution is -2.29. The normalized spacial score (nSPS) is 11.2. The van der Waals surface area contributed by atoms with Gasteiger partial charge in [-0.25, -0.2) is 0 Å². The Morgan fingerprint density at radius 2 is 2.00 bits per heavy atom. The molecular weight excluding hydrogens is 227 g/mol. The zero-order valence-corrected chi connectivity index (χ0v) is 7.88. The summed E-state index contributed by atoms with van der Waals surface area (Å²) in [5.74, 6) is -2.37. The molecule has 0 radical (unpaired) electrons. The number of phenols is 1. The van der Waals surface area contributed by atoms with E-state index in [4.69, 9.17) is 10.2 Å². The van der Waals surface area contributed by atoms with E-state index in [0.717, 1.165) is 18.2 Å². The lowest BCUT2D eigenvalue weighted by atomic mass is 10.2. The van der Waals surface area contributed by atoms with E-state index >= 15 is 0 Å². The number of benzene rings is 1. The lowest BCUT2D eigenvalue weighted by Gasteiger charge is -2.09. The van der Waals surface area contributed by atoms with Crippen LogP contribution in [0, 0.1) is 0 Å². The highest BCUT2D eigenvalue weighted by atomic mass is 19.4. The Balaban J connectivity index is 2.87. The average Bonchev–Trinajstić information content (AvgIpc) is 2.19. The largest absolute Gasteiger partial charge is 0.508 e. The van der Waals surface area contributed by atoms with Crippen LogP contribution in [0.5, 0.6) is 5.75 Å². The summed E-state index contributed by atoms with van der Waals surface area (Å²) >= 11 is 0. The quantitative estimate of drug-likeness (QED) is 0.678. The lowest BCUT2D eigenvalue weighted by molar-refractivity contribution is -0.167. The van der Waals surface area contributed by atoms with Crippen LogP contribution in [0.2, 0.25) is 0 Å². The van der Waals surface area contributed by atoms with Gasteiger partial charge in [0.05, 0.1) is 6.61 Å². The van der Waals surface area contributed by atoms with Gasteiger partial charge < -0.3 is 15.5 Å². The number of anilines is 1. The molecule has 0 fully saturated rings. The van der Waals surface area contributed by atoms with Crippen LogP contribution in [0.25, 0.3) is 0 Å². The van der Waals surface area contributed by atoms with E-state index in [1.54, 1.807) is 5.32 Å². The minimum Gasteiger partial charge on any atom is -0.508 e. The van der Waals surface area contributed by atoms with Crippen LogP contribution in [0.15, 0.2) is 18.2 Å². The third kappa shape index (κ3) is 2.86. The molecule has 0 atom stereocenters. The van der Waals surface area contributed by atoms with Crippen LogP contribution in [0.3, 0.4) is 0 Å². The van der Waals surface area contributed by atoms with Gasteiger partial charge in [-0.15, -0.1) is 0 Å². The Bertz CT molecular complexity index is 403. The van der Waals surface area contributed by atoms with Gasteiger partial charge in [0.1, 0.15) is 5.75 Å². The molecule has 16 heavy (non-hydrogen) atoms. The van der Waals surface area contributed by atoms with Crippen molar-refractivity contribution in [3.63, 3.8) is 0 Å². The second-order valence-corrected chi connectivity index (χ2v) is 2.95. The Morgan fingerprint density at radius 1 is 1.38 bits per heavy atom. The first kappa shape index (κ1) is 12.3. The summed E-state index contributed by atoms with van der Waals surface area (Å²) in [4.78, 5) is 10.6. The number of halogens is 3. The van der Waals surface area contributed by atoms with Crippen molar-refractivity contribution in [3.05, 3.63) is 23.8 Å². The molecule has 4 nitrogen and oxygen atoms in total. The molecule has 0 aromatic heterocycles. The van der Waals surface area contributed by atoms with E-state index in [-0.39, 0.29) is 17.0 Å². The van der Waals surface area contributed by atoms with Crippen molar-refractivity contribution in [3.8, 4) is 5.75 Å². The van der Waals surface area contributed by atoms with E-state index < -0.39 is 18.7 Å². The van der Waals surface area contributed by atoms with E-state index in [0.29, 0.717) is 0 Å². The van der Waals surface area contributed by atoms with Crippen LogP contribution in [0.1, 0.15) is 5.56 Å². The fraction of sp³-hybridized carbons (Fsp3) is 0.222. The Morgan fingerprint density at radius 3 is 2.50 bits per heavy atom. The van der Waals surface area contributed by atoms with Crippen molar-refractivity contribution in [2.75, 3.05) is 5.32 Å². The van der Waals surface area contributed by atoms with Gasteiger partial charge in [-0.1, -0.05) is 0 Å². The second-order valence-electron chi connectivity index (χ2n) is 2.95. The summed E-state index contributed by atoms with van der Waals surface area (Å²) in [5.41, 5.74) is -0.121. The number of aliphatic hydroxyl groups is 1. The predicted octanol–water partition coefficient (Wildman–Crippen LogP) is 1.39. The molecule has 0 aliphatic carbocycles. The fourth-order valence-corrected chi connectivity index (χ4v) is 0.992. The van der Waals surface area contributed by atoms with Crippen molar-refractivity contribution in [1.82, 2.24) is 0 Å². The van der Waals surface area contributed by atoms with Gasteiger partial charge in [-0.05, 0) is 18.2 Å². The molecule has 0 saturated carbocycles. The number of carbonyl (C=O) groups excluding carboxylic acids is 1. The number of nitrogens with one attached hydrogen (secondary N) is 1. The highest BCUT2D eigenvalue weighted by Gasteiger charge is 2.38. The molecule has 0 heterocycles. The zero-order valence-electron chi connectivity index (χ0n) is 7.88. The Hall–Kier alpha value is -1.76. The summed E-state index contributed by atoms with van der Waals surface area (Å²) in [6.07, 6.45) is -4.97. The molecule has 0 aliphatic heterocycles. The van der Waals surface area contributed by atoms with Crippen molar-refractivity contribution in [1.29, 1.82) is 0 Å². The van der Waals surface area contributed by atoms with Crippen LogP contribution < -0.4 is 5.32 Å². The molecule has 1 rings (SSSR count). The standard InChI is InChI=1S/C9H8F3NO3/c10-9(11,12)8(16)13-6-1-2-7(15)5(3-6)4-14/h1-3,14-15H,4H2,(H,13,16). The second kappa shape index (κ2) is 4.40. The molecule has 3 N–H and O–H groups in total. The average molecular weight is 235 g/mol. The topological polar surface area (TPSA) is 69.6 Å². The molecule has 88 valence electrons. The van der Waals surface area contributed by atoms with Crippen molar-refractivity contribution < 1.29 is 28.2 Å². The highest BCUT2D eigenvalue weighted by molar-refractivity contribution is 5.95. The molecule has 1 aromatic rings. The smallest absolute Gasteiger partial charge is 0.471 e. The van der Waals surface area contributed by atoms with Gasteiger partial charge in [0.15, 0.2) is 0 Å². The molecule has 0 bridgehead atoms. The first-order chi connectivity index (χ1) is 7.34. The third-order valence-corrected chi connectivity index (χ3v) is 1.77. The highest BCUT2D eigenvalue weighted by Crippen LogP contribution is 2.23. The molecule has 0 unspecified atom stereocenters. The van der Waals surface area contributed by atoms with Crippen molar-refractivity contribution >= 4 is 11.6 Å². The molecule has 0 saturated heterocycles. The minimum absolute atomic E-state index is 0.0278. The summed E-state index contributed by atoms with van der Waals surface area (Å²) in [7, 11) is 0. The van der Waals surface area contributed by atoms with E-state index in [1.165, 1.54) is 0 Å². The van der Waals surface area contributed by atoms with Gasteiger partial charge in [-0.2, -0.15) is 13.2 Å². The number of aromatic hydroxyl groups is 1. The summed E-state index contributed by atoms with van der Waals surface area (Å²) in [5, 5.41) is 19.5. The number of aliphatic hydroxyl groups excluding tert-OH is 1. The van der Waals surface area contributed by atoms with Gasteiger partial charge in [0, 0.05) is 11.3 Å². The molecule has 0 aliphatic rings. The first-order valence-electron chi connectivity index (χ1n) is 4.15.